The van der Waals surface area contributed by atoms with E-state index in [-0.39, 0.29) is 5.60 Å². The lowest BCUT2D eigenvalue weighted by Gasteiger charge is -2.47. The van der Waals surface area contributed by atoms with E-state index >= 15 is 0 Å². The van der Waals surface area contributed by atoms with Gasteiger partial charge in [0, 0.05) is 13.2 Å². The lowest BCUT2D eigenvalue weighted by atomic mass is 9.73. The van der Waals surface area contributed by atoms with E-state index in [2.05, 4.69) is 19.2 Å². The van der Waals surface area contributed by atoms with Crippen molar-refractivity contribution in [3.05, 3.63) is 0 Å². The standard InChI is InChI=1S/C14H29NO/c1-4-6-7-8-10-13(15-5-2)14(16-3)11-9-12-14/h13,15H,4-12H2,1-3H3. The summed E-state index contributed by atoms with van der Waals surface area (Å²) >= 11 is 0. The summed E-state index contributed by atoms with van der Waals surface area (Å²) in [7, 11) is 1.88. The Morgan fingerprint density at radius 2 is 1.94 bits per heavy atom. The maximum Gasteiger partial charge on any atom is 0.0831 e. The van der Waals surface area contributed by atoms with Crippen molar-refractivity contribution in [1.82, 2.24) is 5.32 Å². The van der Waals surface area contributed by atoms with Crippen LogP contribution in [0.3, 0.4) is 0 Å². The van der Waals surface area contributed by atoms with Crippen molar-refractivity contribution in [2.75, 3.05) is 13.7 Å². The van der Waals surface area contributed by atoms with Gasteiger partial charge < -0.3 is 10.1 Å². The highest BCUT2D eigenvalue weighted by molar-refractivity contribution is 4.99. The summed E-state index contributed by atoms with van der Waals surface area (Å²) in [6.07, 6.45) is 10.5. The fourth-order valence-electron chi connectivity index (χ4n) is 2.79. The molecule has 1 unspecified atom stereocenters. The third-order valence-corrected chi connectivity index (χ3v) is 4.04. The van der Waals surface area contributed by atoms with Crippen molar-refractivity contribution < 1.29 is 4.74 Å². The first kappa shape index (κ1) is 14.0. The minimum absolute atomic E-state index is 0.169. The number of nitrogens with one attached hydrogen (secondary N) is 1. The van der Waals surface area contributed by atoms with Crippen LogP contribution in [0.25, 0.3) is 0 Å². The molecule has 1 saturated carbocycles. The van der Waals surface area contributed by atoms with Crippen molar-refractivity contribution >= 4 is 0 Å². The molecule has 1 aliphatic rings. The predicted molar refractivity (Wildman–Crippen MR) is 69.8 cm³/mol. The van der Waals surface area contributed by atoms with Crippen LogP contribution in [0.2, 0.25) is 0 Å². The molecule has 1 rings (SSSR count). The van der Waals surface area contributed by atoms with Crippen molar-refractivity contribution in [3.8, 4) is 0 Å². The minimum Gasteiger partial charge on any atom is -0.377 e. The predicted octanol–water partition coefficient (Wildman–Crippen LogP) is 3.50. The lowest BCUT2D eigenvalue weighted by molar-refractivity contribution is -0.1000. The highest BCUT2D eigenvalue weighted by Crippen LogP contribution is 2.39. The normalized spacial score (nSPS) is 20.4. The molecular formula is C14H29NO. The molecule has 0 spiro atoms. The van der Waals surface area contributed by atoms with Crippen molar-refractivity contribution in [3.63, 3.8) is 0 Å². The molecule has 1 N–H and O–H groups in total. The number of methoxy groups -OCH3 is 1. The zero-order valence-corrected chi connectivity index (χ0v) is 11.3. The van der Waals surface area contributed by atoms with Crippen LogP contribution in [0.5, 0.6) is 0 Å². The third kappa shape index (κ3) is 3.46. The smallest absolute Gasteiger partial charge is 0.0831 e. The van der Waals surface area contributed by atoms with Gasteiger partial charge in [-0.15, -0.1) is 0 Å². The van der Waals surface area contributed by atoms with E-state index in [0.29, 0.717) is 6.04 Å². The van der Waals surface area contributed by atoms with Gasteiger partial charge in [-0.25, -0.2) is 0 Å². The molecule has 1 aliphatic carbocycles. The molecule has 0 heterocycles. The molecule has 1 atom stereocenters. The maximum absolute atomic E-state index is 5.78. The highest BCUT2D eigenvalue weighted by Gasteiger charge is 2.43. The third-order valence-electron chi connectivity index (χ3n) is 4.04. The second kappa shape index (κ2) is 7.29. The number of hydrogen-bond acceptors (Lipinski definition) is 2. The molecule has 1 fully saturated rings. The summed E-state index contributed by atoms with van der Waals surface area (Å²) in [6.45, 7) is 5.52. The first-order valence-electron chi connectivity index (χ1n) is 7.07. The molecule has 2 heteroatoms. The van der Waals surface area contributed by atoms with E-state index < -0.39 is 0 Å². The van der Waals surface area contributed by atoms with E-state index in [1.165, 1.54) is 51.4 Å². The molecule has 0 aromatic rings. The van der Waals surface area contributed by atoms with E-state index in [0.717, 1.165) is 6.54 Å². The minimum atomic E-state index is 0.169. The fraction of sp³-hybridized carbons (Fsp3) is 1.00. The Labute approximate surface area is 101 Å². The highest BCUT2D eigenvalue weighted by atomic mass is 16.5. The SMILES string of the molecule is CCCCCCC(NCC)C1(OC)CCC1. The molecule has 16 heavy (non-hydrogen) atoms. The van der Waals surface area contributed by atoms with E-state index in [4.69, 9.17) is 4.74 Å². The van der Waals surface area contributed by atoms with Crippen molar-refractivity contribution in [2.45, 2.75) is 76.9 Å². The number of rotatable bonds is 9. The van der Waals surface area contributed by atoms with E-state index in [9.17, 15) is 0 Å². The van der Waals surface area contributed by atoms with Gasteiger partial charge in [-0.1, -0.05) is 39.5 Å². The van der Waals surface area contributed by atoms with E-state index in [1.807, 2.05) is 7.11 Å². The van der Waals surface area contributed by atoms with Gasteiger partial charge in [0.25, 0.3) is 0 Å². The molecular weight excluding hydrogens is 198 g/mol. The number of hydrogen-bond donors (Lipinski definition) is 1. The van der Waals surface area contributed by atoms with Crippen LogP contribution in [-0.4, -0.2) is 25.3 Å². The van der Waals surface area contributed by atoms with E-state index in [1.54, 1.807) is 0 Å². The summed E-state index contributed by atoms with van der Waals surface area (Å²) < 4.78 is 5.78. The topological polar surface area (TPSA) is 21.3 Å². The fourth-order valence-corrected chi connectivity index (χ4v) is 2.79. The average molecular weight is 227 g/mol. The Bertz CT molecular complexity index is 172. The molecule has 0 aromatic heterocycles. The van der Waals surface area contributed by atoms with Crippen LogP contribution in [0.1, 0.15) is 65.2 Å². The zero-order chi connectivity index (χ0) is 11.9. The number of ether oxygens (including phenoxy) is 1. The van der Waals surface area contributed by atoms with Crippen molar-refractivity contribution in [1.29, 1.82) is 0 Å². The number of likely N-dealkylation sites (N-methyl/N-ethyl adjacent to an activating group) is 1. The summed E-state index contributed by atoms with van der Waals surface area (Å²) in [5.74, 6) is 0. The van der Waals surface area contributed by atoms with Gasteiger partial charge in [0.15, 0.2) is 0 Å². The second-order valence-corrected chi connectivity index (χ2v) is 5.08. The Morgan fingerprint density at radius 3 is 2.38 bits per heavy atom. The van der Waals surface area contributed by atoms with Crippen molar-refractivity contribution in [2.24, 2.45) is 0 Å². The van der Waals surface area contributed by atoms with Crippen LogP contribution in [0.15, 0.2) is 0 Å². The Morgan fingerprint density at radius 1 is 1.19 bits per heavy atom. The molecule has 0 saturated heterocycles. The van der Waals surface area contributed by atoms with Crippen LogP contribution in [-0.2, 0) is 4.74 Å². The van der Waals surface area contributed by atoms with Crippen LogP contribution < -0.4 is 5.32 Å². The van der Waals surface area contributed by atoms with Gasteiger partial charge in [-0.05, 0) is 32.2 Å². The lowest BCUT2D eigenvalue weighted by Crippen LogP contribution is -2.56. The zero-order valence-electron chi connectivity index (χ0n) is 11.3. The van der Waals surface area contributed by atoms with Gasteiger partial charge in [0.1, 0.15) is 0 Å². The summed E-state index contributed by atoms with van der Waals surface area (Å²) in [5, 5.41) is 3.63. The molecule has 96 valence electrons. The maximum atomic E-state index is 5.78. The largest absolute Gasteiger partial charge is 0.377 e. The first-order chi connectivity index (χ1) is 7.79. The second-order valence-electron chi connectivity index (χ2n) is 5.08. The van der Waals surface area contributed by atoms with Gasteiger partial charge in [-0.2, -0.15) is 0 Å². The van der Waals surface area contributed by atoms with Gasteiger partial charge in [0.2, 0.25) is 0 Å². The van der Waals surface area contributed by atoms with Gasteiger partial charge >= 0.3 is 0 Å². The molecule has 0 amide bonds. The Balaban J connectivity index is 2.34. The van der Waals surface area contributed by atoms with Gasteiger partial charge in [0.05, 0.1) is 5.60 Å². The molecule has 0 aliphatic heterocycles. The Hall–Kier alpha value is -0.0800. The molecule has 0 radical (unpaired) electrons. The average Bonchev–Trinajstić information content (AvgIpc) is 2.23. The quantitative estimate of drug-likeness (QED) is 0.609. The molecule has 0 bridgehead atoms. The Kier molecular flexibility index (Phi) is 6.37. The summed E-state index contributed by atoms with van der Waals surface area (Å²) in [4.78, 5) is 0. The first-order valence-corrected chi connectivity index (χ1v) is 7.07. The van der Waals surface area contributed by atoms with Crippen LogP contribution in [0, 0.1) is 0 Å². The van der Waals surface area contributed by atoms with Crippen LogP contribution >= 0.6 is 0 Å². The van der Waals surface area contributed by atoms with Gasteiger partial charge in [-0.3, -0.25) is 0 Å². The molecule has 0 aromatic carbocycles. The number of unbranched alkanes of at least 4 members (excludes halogenated alkanes) is 3. The summed E-state index contributed by atoms with van der Waals surface area (Å²) in [5.41, 5.74) is 0.169. The monoisotopic (exact) mass is 227 g/mol. The summed E-state index contributed by atoms with van der Waals surface area (Å²) in [6, 6.07) is 0.577. The van der Waals surface area contributed by atoms with Crippen LogP contribution in [0.4, 0.5) is 0 Å². The molecule has 2 nitrogen and oxygen atoms in total.